The van der Waals surface area contributed by atoms with E-state index in [9.17, 15) is 22.8 Å². The quantitative estimate of drug-likeness (QED) is 0.641. The molecular formula is C12H13F3N2O4. The molecule has 0 aromatic carbocycles. The summed E-state index contributed by atoms with van der Waals surface area (Å²) in [6, 6.07) is 2.71. The van der Waals surface area contributed by atoms with Crippen LogP contribution in [-0.2, 0) is 14.3 Å². The number of alkyl halides is 3. The van der Waals surface area contributed by atoms with Gasteiger partial charge in [-0.25, -0.2) is 4.98 Å². The predicted molar refractivity (Wildman–Crippen MR) is 65.7 cm³/mol. The summed E-state index contributed by atoms with van der Waals surface area (Å²) < 4.78 is 45.3. The Morgan fingerprint density at radius 2 is 2.10 bits per heavy atom. The first-order valence-electron chi connectivity index (χ1n) is 5.92. The minimum atomic E-state index is -4.52. The van der Waals surface area contributed by atoms with Gasteiger partial charge in [0.25, 0.3) is 0 Å². The molecule has 0 spiro atoms. The lowest BCUT2D eigenvalue weighted by molar-refractivity contribution is -0.154. The molecule has 1 aromatic heterocycles. The molecule has 9 heteroatoms. The van der Waals surface area contributed by atoms with E-state index in [1.165, 1.54) is 18.3 Å². The SMILES string of the molecule is CCOC(=O)CC(=O)Nc1cccnc1OCC(F)(F)F. The third kappa shape index (κ3) is 6.59. The van der Waals surface area contributed by atoms with Crippen molar-refractivity contribution >= 4 is 17.6 Å². The van der Waals surface area contributed by atoms with Gasteiger partial charge in [-0.1, -0.05) is 0 Å². The van der Waals surface area contributed by atoms with Gasteiger partial charge in [0, 0.05) is 6.20 Å². The monoisotopic (exact) mass is 306 g/mol. The van der Waals surface area contributed by atoms with E-state index >= 15 is 0 Å². The molecule has 0 unspecified atom stereocenters. The molecule has 116 valence electrons. The average molecular weight is 306 g/mol. The van der Waals surface area contributed by atoms with E-state index < -0.39 is 31.1 Å². The lowest BCUT2D eigenvalue weighted by atomic mass is 10.3. The van der Waals surface area contributed by atoms with Crippen LogP contribution in [0.2, 0.25) is 0 Å². The number of hydrogen-bond acceptors (Lipinski definition) is 5. The first-order valence-corrected chi connectivity index (χ1v) is 5.92. The van der Waals surface area contributed by atoms with Crippen molar-refractivity contribution in [3.63, 3.8) is 0 Å². The zero-order valence-electron chi connectivity index (χ0n) is 11.1. The van der Waals surface area contributed by atoms with Crippen molar-refractivity contribution in [2.75, 3.05) is 18.5 Å². The van der Waals surface area contributed by atoms with E-state index in [2.05, 4.69) is 19.8 Å². The number of carbonyl (C=O) groups excluding carboxylic acids is 2. The number of hydrogen-bond donors (Lipinski definition) is 1. The van der Waals surface area contributed by atoms with E-state index in [4.69, 9.17) is 0 Å². The maximum absolute atomic E-state index is 12.1. The molecule has 0 saturated carbocycles. The van der Waals surface area contributed by atoms with Gasteiger partial charge in [0.15, 0.2) is 6.61 Å². The smallest absolute Gasteiger partial charge is 0.422 e. The Bertz CT molecular complexity index is 506. The summed E-state index contributed by atoms with van der Waals surface area (Å²) in [6.07, 6.45) is -3.86. The Hall–Kier alpha value is -2.32. The molecule has 0 saturated heterocycles. The summed E-state index contributed by atoms with van der Waals surface area (Å²) >= 11 is 0. The molecule has 0 aliphatic heterocycles. The highest BCUT2D eigenvalue weighted by molar-refractivity contribution is 6.02. The van der Waals surface area contributed by atoms with E-state index in [-0.39, 0.29) is 18.2 Å². The lowest BCUT2D eigenvalue weighted by Crippen LogP contribution is -2.22. The highest BCUT2D eigenvalue weighted by Crippen LogP contribution is 2.23. The average Bonchev–Trinajstić information content (AvgIpc) is 2.36. The minimum Gasteiger partial charge on any atom is -0.467 e. The van der Waals surface area contributed by atoms with Crippen molar-refractivity contribution in [1.29, 1.82) is 0 Å². The normalized spacial score (nSPS) is 10.9. The molecule has 21 heavy (non-hydrogen) atoms. The van der Waals surface area contributed by atoms with Gasteiger partial charge in [-0.2, -0.15) is 13.2 Å². The van der Waals surface area contributed by atoms with E-state index in [0.717, 1.165) is 0 Å². The Morgan fingerprint density at radius 3 is 2.71 bits per heavy atom. The van der Waals surface area contributed by atoms with Crippen molar-refractivity contribution in [3.05, 3.63) is 18.3 Å². The zero-order valence-corrected chi connectivity index (χ0v) is 11.1. The van der Waals surface area contributed by atoms with Crippen LogP contribution in [0, 0.1) is 0 Å². The predicted octanol–water partition coefficient (Wildman–Crippen LogP) is 1.91. The fraction of sp³-hybridized carbons (Fsp3) is 0.417. The van der Waals surface area contributed by atoms with Crippen molar-refractivity contribution < 1.29 is 32.2 Å². The van der Waals surface area contributed by atoms with Gasteiger partial charge in [0.2, 0.25) is 11.8 Å². The van der Waals surface area contributed by atoms with E-state index in [1.54, 1.807) is 6.92 Å². The number of anilines is 1. The van der Waals surface area contributed by atoms with Crippen LogP contribution in [0.3, 0.4) is 0 Å². The molecule has 0 bridgehead atoms. The fourth-order valence-electron chi connectivity index (χ4n) is 1.29. The molecule has 1 amide bonds. The molecule has 1 rings (SSSR count). The number of ether oxygens (including phenoxy) is 2. The van der Waals surface area contributed by atoms with E-state index in [0.29, 0.717) is 0 Å². The fourth-order valence-corrected chi connectivity index (χ4v) is 1.29. The number of aromatic nitrogens is 1. The van der Waals surface area contributed by atoms with Crippen molar-refractivity contribution in [3.8, 4) is 5.88 Å². The summed E-state index contributed by atoms with van der Waals surface area (Å²) in [7, 11) is 0. The first kappa shape index (κ1) is 16.7. The molecule has 1 aromatic rings. The van der Waals surface area contributed by atoms with Crippen LogP contribution in [0.15, 0.2) is 18.3 Å². The molecular weight excluding hydrogens is 293 g/mol. The van der Waals surface area contributed by atoms with E-state index in [1.807, 2.05) is 0 Å². The summed E-state index contributed by atoms with van der Waals surface area (Å²) in [5, 5.41) is 2.24. The summed E-state index contributed by atoms with van der Waals surface area (Å²) in [6.45, 7) is 0.170. The Morgan fingerprint density at radius 1 is 1.38 bits per heavy atom. The van der Waals surface area contributed by atoms with Gasteiger partial charge in [0.05, 0.1) is 6.61 Å². The number of pyridine rings is 1. The maximum Gasteiger partial charge on any atom is 0.422 e. The van der Waals surface area contributed by atoms with Gasteiger partial charge in [-0.15, -0.1) is 0 Å². The Balaban J connectivity index is 2.66. The van der Waals surface area contributed by atoms with Crippen molar-refractivity contribution in [2.45, 2.75) is 19.5 Å². The number of nitrogens with zero attached hydrogens (tertiary/aromatic N) is 1. The third-order valence-electron chi connectivity index (χ3n) is 2.03. The second-order valence-corrected chi connectivity index (χ2v) is 3.79. The maximum atomic E-state index is 12.1. The number of nitrogens with one attached hydrogen (secondary N) is 1. The molecule has 6 nitrogen and oxygen atoms in total. The number of carbonyl (C=O) groups is 2. The van der Waals surface area contributed by atoms with Gasteiger partial charge in [0.1, 0.15) is 12.1 Å². The van der Waals surface area contributed by atoms with Gasteiger partial charge in [-0.05, 0) is 19.1 Å². The minimum absolute atomic E-state index is 0.0592. The summed E-state index contributed by atoms with van der Waals surface area (Å²) in [4.78, 5) is 26.2. The van der Waals surface area contributed by atoms with Crippen LogP contribution in [0.25, 0.3) is 0 Å². The molecule has 0 aliphatic rings. The third-order valence-corrected chi connectivity index (χ3v) is 2.03. The molecule has 1 N–H and O–H groups in total. The van der Waals surface area contributed by atoms with Gasteiger partial charge >= 0.3 is 12.1 Å². The van der Waals surface area contributed by atoms with Crippen LogP contribution in [0.4, 0.5) is 18.9 Å². The van der Waals surface area contributed by atoms with Gasteiger partial charge in [-0.3, -0.25) is 9.59 Å². The number of rotatable bonds is 6. The second-order valence-electron chi connectivity index (χ2n) is 3.79. The lowest BCUT2D eigenvalue weighted by Gasteiger charge is -2.12. The summed E-state index contributed by atoms with van der Waals surface area (Å²) in [5.74, 6) is -1.86. The largest absolute Gasteiger partial charge is 0.467 e. The van der Waals surface area contributed by atoms with Gasteiger partial charge < -0.3 is 14.8 Å². The molecule has 0 atom stereocenters. The van der Waals surface area contributed by atoms with Crippen LogP contribution in [0.5, 0.6) is 5.88 Å². The number of halogens is 3. The van der Waals surface area contributed by atoms with Crippen LogP contribution in [-0.4, -0.2) is 36.3 Å². The van der Waals surface area contributed by atoms with Crippen LogP contribution in [0.1, 0.15) is 13.3 Å². The topological polar surface area (TPSA) is 77.5 Å². The van der Waals surface area contributed by atoms with Crippen LogP contribution < -0.4 is 10.1 Å². The number of amides is 1. The van der Waals surface area contributed by atoms with Crippen molar-refractivity contribution in [2.24, 2.45) is 0 Å². The molecule has 0 radical (unpaired) electrons. The number of esters is 1. The Labute approximate surface area is 118 Å². The van der Waals surface area contributed by atoms with Crippen LogP contribution >= 0.6 is 0 Å². The second kappa shape index (κ2) is 7.46. The molecule has 0 fully saturated rings. The Kier molecular flexibility index (Phi) is 5.94. The zero-order chi connectivity index (χ0) is 15.9. The standard InChI is InChI=1S/C12H13F3N2O4/c1-2-20-10(19)6-9(18)17-8-4-3-5-16-11(8)21-7-12(13,14)15/h3-5H,2,6-7H2,1H3,(H,17,18). The summed E-state index contributed by atoms with van der Waals surface area (Å²) in [5.41, 5.74) is -0.0592. The molecule has 1 heterocycles. The highest BCUT2D eigenvalue weighted by atomic mass is 19.4. The molecule has 0 aliphatic carbocycles. The van der Waals surface area contributed by atoms with Crippen molar-refractivity contribution in [1.82, 2.24) is 4.98 Å². The first-order chi connectivity index (χ1) is 9.81. The highest BCUT2D eigenvalue weighted by Gasteiger charge is 2.29.